The Morgan fingerprint density at radius 1 is 1.21 bits per heavy atom. The SMILES string of the molecule is CCCc1nnc2n1N[C@H](c1ccccc1)[C@H](C(=O)Nc1cccc(Cl)c1C)S2. The van der Waals surface area contributed by atoms with Crippen molar-refractivity contribution in [3.8, 4) is 0 Å². The van der Waals surface area contributed by atoms with Crippen molar-refractivity contribution >= 4 is 35.0 Å². The molecule has 29 heavy (non-hydrogen) atoms. The molecule has 0 aliphatic carbocycles. The first-order valence-electron chi connectivity index (χ1n) is 9.57. The van der Waals surface area contributed by atoms with Crippen molar-refractivity contribution in [2.45, 2.75) is 43.1 Å². The van der Waals surface area contributed by atoms with Crippen LogP contribution in [0.5, 0.6) is 0 Å². The first-order valence-corrected chi connectivity index (χ1v) is 10.8. The van der Waals surface area contributed by atoms with Gasteiger partial charge in [0.25, 0.3) is 0 Å². The maximum atomic E-state index is 13.3. The number of hydrogen-bond acceptors (Lipinski definition) is 5. The average Bonchev–Trinajstić information content (AvgIpc) is 3.13. The quantitative estimate of drug-likeness (QED) is 0.623. The third-order valence-corrected chi connectivity index (χ3v) is 6.54. The van der Waals surface area contributed by atoms with E-state index in [1.54, 1.807) is 0 Å². The smallest absolute Gasteiger partial charge is 0.240 e. The third-order valence-electron chi connectivity index (χ3n) is 4.92. The van der Waals surface area contributed by atoms with Gasteiger partial charge in [-0.25, -0.2) is 4.68 Å². The molecule has 0 radical (unpaired) electrons. The molecule has 2 heterocycles. The fourth-order valence-electron chi connectivity index (χ4n) is 3.34. The van der Waals surface area contributed by atoms with Gasteiger partial charge in [0.15, 0.2) is 5.82 Å². The highest BCUT2D eigenvalue weighted by Gasteiger charge is 2.37. The molecule has 4 rings (SSSR count). The van der Waals surface area contributed by atoms with Crippen molar-refractivity contribution < 1.29 is 4.79 Å². The molecule has 1 aliphatic heterocycles. The minimum absolute atomic E-state index is 0.104. The van der Waals surface area contributed by atoms with Crippen LogP contribution in [-0.2, 0) is 11.2 Å². The van der Waals surface area contributed by atoms with Crippen LogP contribution in [0, 0.1) is 6.92 Å². The number of halogens is 1. The van der Waals surface area contributed by atoms with Crippen molar-refractivity contribution in [3.05, 3.63) is 70.5 Å². The molecule has 0 saturated heterocycles. The predicted octanol–water partition coefficient (Wildman–Crippen LogP) is 4.59. The first-order chi connectivity index (χ1) is 14.1. The summed E-state index contributed by atoms with van der Waals surface area (Å²) in [5, 5.41) is 12.5. The number of carbonyl (C=O) groups is 1. The summed E-state index contributed by atoms with van der Waals surface area (Å²) < 4.78 is 1.92. The van der Waals surface area contributed by atoms with Crippen molar-refractivity contribution in [2.75, 3.05) is 10.7 Å². The lowest BCUT2D eigenvalue weighted by Gasteiger charge is -2.33. The van der Waals surface area contributed by atoms with Gasteiger partial charge in [0, 0.05) is 17.1 Å². The molecule has 0 bridgehead atoms. The Labute approximate surface area is 179 Å². The number of amides is 1. The minimum atomic E-state index is -0.415. The number of aryl methyl sites for hydroxylation is 1. The van der Waals surface area contributed by atoms with E-state index in [0.717, 1.165) is 29.8 Å². The number of thioether (sulfide) groups is 1. The fourth-order valence-corrected chi connectivity index (χ4v) is 4.61. The molecule has 2 N–H and O–H groups in total. The van der Waals surface area contributed by atoms with Crippen LogP contribution in [0.25, 0.3) is 0 Å². The van der Waals surface area contributed by atoms with E-state index in [1.165, 1.54) is 11.8 Å². The van der Waals surface area contributed by atoms with Crippen LogP contribution >= 0.6 is 23.4 Å². The number of aromatic nitrogens is 3. The van der Waals surface area contributed by atoms with Gasteiger partial charge in [0.1, 0.15) is 5.25 Å². The Hall–Kier alpha value is -2.51. The lowest BCUT2D eigenvalue weighted by Crippen LogP contribution is -2.41. The molecule has 1 aromatic heterocycles. The number of carbonyl (C=O) groups excluding carboxylic acids is 1. The summed E-state index contributed by atoms with van der Waals surface area (Å²) in [6, 6.07) is 15.3. The number of rotatable bonds is 5. The Bertz CT molecular complexity index is 1020. The van der Waals surface area contributed by atoms with Gasteiger partial charge >= 0.3 is 0 Å². The fraction of sp³-hybridized carbons (Fsp3) is 0.286. The van der Waals surface area contributed by atoms with Crippen molar-refractivity contribution in [2.24, 2.45) is 0 Å². The molecular weight excluding hydrogens is 406 g/mol. The lowest BCUT2D eigenvalue weighted by molar-refractivity contribution is -0.116. The molecule has 0 spiro atoms. The molecule has 2 aromatic carbocycles. The van der Waals surface area contributed by atoms with Crippen LogP contribution in [0.1, 0.15) is 36.3 Å². The van der Waals surface area contributed by atoms with Gasteiger partial charge in [-0.3, -0.25) is 4.79 Å². The topological polar surface area (TPSA) is 71.8 Å². The van der Waals surface area contributed by atoms with Crippen molar-refractivity contribution in [1.29, 1.82) is 0 Å². The monoisotopic (exact) mass is 427 g/mol. The van der Waals surface area contributed by atoms with Gasteiger partial charge in [0.2, 0.25) is 11.1 Å². The Morgan fingerprint density at radius 2 is 2.00 bits per heavy atom. The predicted molar refractivity (Wildman–Crippen MR) is 117 cm³/mol. The van der Waals surface area contributed by atoms with Crippen LogP contribution in [0.2, 0.25) is 5.02 Å². The maximum absolute atomic E-state index is 13.3. The number of nitrogens with zero attached hydrogens (tertiary/aromatic N) is 3. The van der Waals surface area contributed by atoms with E-state index in [1.807, 2.05) is 60.1 Å². The Morgan fingerprint density at radius 3 is 2.76 bits per heavy atom. The van der Waals surface area contributed by atoms with Gasteiger partial charge in [-0.15, -0.1) is 10.2 Å². The summed E-state index contributed by atoms with van der Waals surface area (Å²) in [6.07, 6.45) is 1.79. The number of hydrogen-bond donors (Lipinski definition) is 2. The molecule has 0 fully saturated rings. The maximum Gasteiger partial charge on any atom is 0.240 e. The second-order valence-electron chi connectivity index (χ2n) is 6.94. The van der Waals surface area contributed by atoms with Crippen LogP contribution in [-0.4, -0.2) is 26.0 Å². The van der Waals surface area contributed by atoms with Gasteiger partial charge in [-0.05, 0) is 36.6 Å². The zero-order valence-corrected chi connectivity index (χ0v) is 17.8. The molecule has 8 heteroatoms. The normalized spacial score (nSPS) is 18.0. The van der Waals surface area contributed by atoms with Crippen molar-refractivity contribution in [1.82, 2.24) is 14.9 Å². The molecule has 0 saturated carbocycles. The van der Waals surface area contributed by atoms with Crippen LogP contribution in [0.3, 0.4) is 0 Å². The summed E-state index contributed by atoms with van der Waals surface area (Å²) >= 11 is 7.64. The van der Waals surface area contributed by atoms with E-state index in [0.29, 0.717) is 15.9 Å². The number of nitrogens with one attached hydrogen (secondary N) is 2. The highest BCUT2D eigenvalue weighted by Crippen LogP contribution is 2.38. The van der Waals surface area contributed by atoms with Gasteiger partial charge in [-0.1, -0.05) is 66.7 Å². The standard InChI is InChI=1S/C21H22ClN5OS/c1-3-8-17-24-25-21-27(17)26-18(14-9-5-4-6-10-14)19(29-21)20(28)23-16-12-7-11-15(22)13(16)2/h4-7,9-12,18-19,26H,3,8H2,1-2H3,(H,23,28)/t18-,19-/m1/s1. The number of fused-ring (bicyclic) bond motifs is 1. The third kappa shape index (κ3) is 3.97. The molecule has 0 unspecified atom stereocenters. The molecule has 1 aliphatic rings. The van der Waals surface area contributed by atoms with E-state index in [2.05, 4.69) is 27.9 Å². The Kier molecular flexibility index (Phi) is 5.78. The summed E-state index contributed by atoms with van der Waals surface area (Å²) in [7, 11) is 0. The second-order valence-corrected chi connectivity index (χ2v) is 8.46. The minimum Gasteiger partial charge on any atom is -0.325 e. The average molecular weight is 428 g/mol. The highest BCUT2D eigenvalue weighted by molar-refractivity contribution is 8.00. The van der Waals surface area contributed by atoms with E-state index in [4.69, 9.17) is 11.6 Å². The summed E-state index contributed by atoms with van der Waals surface area (Å²) in [4.78, 5) is 13.3. The van der Waals surface area contributed by atoms with Gasteiger partial charge in [0.05, 0.1) is 6.04 Å². The van der Waals surface area contributed by atoms with Crippen LogP contribution in [0.4, 0.5) is 5.69 Å². The van der Waals surface area contributed by atoms with Crippen LogP contribution < -0.4 is 10.7 Å². The summed E-state index contributed by atoms with van der Waals surface area (Å²) in [6.45, 7) is 4.00. The van der Waals surface area contributed by atoms with Gasteiger partial charge < -0.3 is 10.7 Å². The Balaban J connectivity index is 1.67. The first kappa shape index (κ1) is 19.8. The van der Waals surface area contributed by atoms with E-state index >= 15 is 0 Å². The van der Waals surface area contributed by atoms with E-state index in [9.17, 15) is 4.79 Å². The van der Waals surface area contributed by atoms with Gasteiger partial charge in [-0.2, -0.15) is 0 Å². The van der Waals surface area contributed by atoms with E-state index in [-0.39, 0.29) is 11.9 Å². The molecule has 1 amide bonds. The molecule has 150 valence electrons. The summed E-state index contributed by atoms with van der Waals surface area (Å²) in [5.41, 5.74) is 6.07. The lowest BCUT2D eigenvalue weighted by atomic mass is 10.0. The summed E-state index contributed by atoms with van der Waals surface area (Å²) in [5.74, 6) is 0.772. The highest BCUT2D eigenvalue weighted by atomic mass is 35.5. The largest absolute Gasteiger partial charge is 0.325 e. The molecule has 6 nitrogen and oxygen atoms in total. The molecule has 3 aromatic rings. The molecule has 2 atom stereocenters. The number of anilines is 1. The second kappa shape index (κ2) is 8.47. The van der Waals surface area contributed by atoms with Crippen LogP contribution in [0.15, 0.2) is 53.7 Å². The molecular formula is C21H22ClN5OS. The zero-order chi connectivity index (χ0) is 20.4. The van der Waals surface area contributed by atoms with E-state index < -0.39 is 5.25 Å². The zero-order valence-electron chi connectivity index (χ0n) is 16.2. The van der Waals surface area contributed by atoms with Crippen molar-refractivity contribution in [3.63, 3.8) is 0 Å². The number of benzene rings is 2.